The van der Waals surface area contributed by atoms with E-state index in [0.29, 0.717) is 6.42 Å². The highest BCUT2D eigenvalue weighted by Crippen LogP contribution is 2.27. The number of Topliss-reactive ketones (excluding diaryl/α,β-unsaturated/α-hetero) is 1. The fourth-order valence-corrected chi connectivity index (χ4v) is 2.04. The van der Waals surface area contributed by atoms with Crippen molar-refractivity contribution in [3.05, 3.63) is 54.1 Å². The molecule has 20 heavy (non-hydrogen) atoms. The summed E-state index contributed by atoms with van der Waals surface area (Å²) in [5, 5.41) is 0. The van der Waals surface area contributed by atoms with E-state index < -0.39 is 0 Å². The van der Waals surface area contributed by atoms with Gasteiger partial charge in [0.05, 0.1) is 7.11 Å². The molecule has 2 aromatic rings. The lowest BCUT2D eigenvalue weighted by molar-refractivity contribution is 0.0988. The van der Waals surface area contributed by atoms with E-state index >= 15 is 0 Å². The lowest BCUT2D eigenvalue weighted by Crippen LogP contribution is -2.09. The summed E-state index contributed by atoms with van der Waals surface area (Å²) >= 11 is 0. The normalized spacial score (nSPS) is 10.2. The third kappa shape index (κ3) is 2.99. The number of nitrogens with zero attached hydrogens (tertiary/aromatic N) is 1. The van der Waals surface area contributed by atoms with Gasteiger partial charge in [-0.05, 0) is 36.4 Å². The molecule has 3 heteroatoms. The van der Waals surface area contributed by atoms with Gasteiger partial charge in [-0.25, -0.2) is 0 Å². The molecule has 2 rings (SSSR count). The Morgan fingerprint density at radius 1 is 1.10 bits per heavy atom. The van der Waals surface area contributed by atoms with E-state index in [0.717, 1.165) is 22.7 Å². The molecular weight excluding hydrogens is 250 g/mol. The van der Waals surface area contributed by atoms with Gasteiger partial charge < -0.3 is 9.64 Å². The summed E-state index contributed by atoms with van der Waals surface area (Å²) in [6.45, 7) is 1.87. The van der Waals surface area contributed by atoms with Gasteiger partial charge in [-0.2, -0.15) is 0 Å². The highest BCUT2D eigenvalue weighted by atomic mass is 16.5. The molecule has 0 spiro atoms. The summed E-state index contributed by atoms with van der Waals surface area (Å²) in [6.07, 6.45) is 0.533. The second kappa shape index (κ2) is 6.24. The molecule has 0 saturated heterocycles. The quantitative estimate of drug-likeness (QED) is 0.767. The van der Waals surface area contributed by atoms with Gasteiger partial charge in [-0.3, -0.25) is 4.79 Å². The van der Waals surface area contributed by atoms with Crippen LogP contribution in [0.15, 0.2) is 48.5 Å². The van der Waals surface area contributed by atoms with E-state index in [2.05, 4.69) is 4.90 Å². The molecule has 2 aromatic carbocycles. The molecule has 0 N–H and O–H groups in total. The summed E-state index contributed by atoms with van der Waals surface area (Å²) in [5.41, 5.74) is 2.83. The molecule has 0 aliphatic carbocycles. The van der Waals surface area contributed by atoms with Crippen molar-refractivity contribution in [3.8, 4) is 5.75 Å². The molecule has 0 unspecified atom stereocenters. The van der Waals surface area contributed by atoms with Crippen molar-refractivity contribution in [2.45, 2.75) is 13.3 Å². The van der Waals surface area contributed by atoms with Gasteiger partial charge in [0.25, 0.3) is 0 Å². The van der Waals surface area contributed by atoms with Crippen LogP contribution in [-0.4, -0.2) is 19.9 Å². The fourth-order valence-electron chi connectivity index (χ4n) is 2.04. The predicted octanol–water partition coefficient (Wildman–Crippen LogP) is 4.06. The van der Waals surface area contributed by atoms with Gasteiger partial charge in [-0.15, -0.1) is 0 Å². The van der Waals surface area contributed by atoms with Crippen LogP contribution < -0.4 is 9.64 Å². The molecule has 0 atom stereocenters. The second-order valence-corrected chi connectivity index (χ2v) is 4.58. The average Bonchev–Trinajstić information content (AvgIpc) is 2.53. The molecule has 3 nitrogen and oxygen atoms in total. The SMILES string of the molecule is CCC(=O)c1ccc(N(C)c2cccc(OC)c2)cc1. The zero-order chi connectivity index (χ0) is 14.5. The number of benzene rings is 2. The molecule has 0 amide bonds. The Kier molecular flexibility index (Phi) is 4.41. The zero-order valence-electron chi connectivity index (χ0n) is 12.1. The number of ether oxygens (including phenoxy) is 1. The van der Waals surface area contributed by atoms with Gasteiger partial charge in [0.1, 0.15) is 5.75 Å². The molecule has 0 heterocycles. The second-order valence-electron chi connectivity index (χ2n) is 4.58. The highest BCUT2D eigenvalue weighted by Gasteiger charge is 2.07. The van der Waals surface area contributed by atoms with Crippen LogP contribution in [0.1, 0.15) is 23.7 Å². The Morgan fingerprint density at radius 3 is 2.40 bits per heavy atom. The Labute approximate surface area is 119 Å². The van der Waals surface area contributed by atoms with Crippen LogP contribution in [0.2, 0.25) is 0 Å². The van der Waals surface area contributed by atoms with Gasteiger partial charge in [-0.1, -0.05) is 13.0 Å². The van der Waals surface area contributed by atoms with Crippen molar-refractivity contribution < 1.29 is 9.53 Å². The van der Waals surface area contributed by atoms with Crippen molar-refractivity contribution in [2.75, 3.05) is 19.1 Å². The topological polar surface area (TPSA) is 29.5 Å². The van der Waals surface area contributed by atoms with Crippen molar-refractivity contribution in [3.63, 3.8) is 0 Å². The minimum atomic E-state index is 0.167. The third-order valence-electron chi connectivity index (χ3n) is 3.34. The summed E-state index contributed by atoms with van der Waals surface area (Å²) in [7, 11) is 3.65. The van der Waals surface area contributed by atoms with Crippen molar-refractivity contribution >= 4 is 17.2 Å². The smallest absolute Gasteiger partial charge is 0.162 e. The molecule has 0 radical (unpaired) electrons. The number of anilines is 2. The monoisotopic (exact) mass is 269 g/mol. The number of hydrogen-bond acceptors (Lipinski definition) is 3. The number of ketones is 1. The van der Waals surface area contributed by atoms with Crippen LogP contribution >= 0.6 is 0 Å². The summed E-state index contributed by atoms with van der Waals surface area (Å²) < 4.78 is 5.23. The first-order chi connectivity index (χ1) is 9.65. The molecule has 0 fully saturated rings. The molecule has 104 valence electrons. The lowest BCUT2D eigenvalue weighted by Gasteiger charge is -2.20. The fraction of sp³-hybridized carbons (Fsp3) is 0.235. The van der Waals surface area contributed by atoms with E-state index in [1.54, 1.807) is 7.11 Å². The third-order valence-corrected chi connectivity index (χ3v) is 3.34. The lowest BCUT2D eigenvalue weighted by atomic mass is 10.1. The van der Waals surface area contributed by atoms with E-state index in [4.69, 9.17) is 4.74 Å². The summed E-state index contributed by atoms with van der Waals surface area (Å²) in [6, 6.07) is 15.5. The average molecular weight is 269 g/mol. The summed E-state index contributed by atoms with van der Waals surface area (Å²) in [4.78, 5) is 13.7. The largest absolute Gasteiger partial charge is 0.497 e. The number of rotatable bonds is 5. The first-order valence-corrected chi connectivity index (χ1v) is 6.66. The number of carbonyl (C=O) groups excluding carboxylic acids is 1. The van der Waals surface area contributed by atoms with Gasteiger partial charge >= 0.3 is 0 Å². The van der Waals surface area contributed by atoms with Gasteiger partial charge in [0, 0.05) is 36.5 Å². The highest BCUT2D eigenvalue weighted by molar-refractivity contribution is 5.96. The minimum Gasteiger partial charge on any atom is -0.497 e. The van der Waals surface area contributed by atoms with Crippen LogP contribution in [0.4, 0.5) is 11.4 Å². The van der Waals surface area contributed by atoms with Crippen molar-refractivity contribution in [2.24, 2.45) is 0 Å². The Balaban J connectivity index is 2.24. The van der Waals surface area contributed by atoms with Crippen LogP contribution in [0, 0.1) is 0 Å². The van der Waals surface area contributed by atoms with Crippen molar-refractivity contribution in [1.29, 1.82) is 0 Å². The van der Waals surface area contributed by atoms with Crippen LogP contribution in [0.3, 0.4) is 0 Å². The maximum atomic E-state index is 11.6. The van der Waals surface area contributed by atoms with Crippen LogP contribution in [0.5, 0.6) is 5.75 Å². The number of carbonyl (C=O) groups is 1. The number of hydrogen-bond donors (Lipinski definition) is 0. The van der Waals surface area contributed by atoms with Crippen LogP contribution in [-0.2, 0) is 0 Å². The summed E-state index contributed by atoms with van der Waals surface area (Å²) in [5.74, 6) is 0.993. The molecule has 0 aliphatic rings. The first-order valence-electron chi connectivity index (χ1n) is 6.66. The molecular formula is C17H19NO2. The van der Waals surface area contributed by atoms with Gasteiger partial charge in [0.15, 0.2) is 5.78 Å². The minimum absolute atomic E-state index is 0.167. The predicted molar refractivity (Wildman–Crippen MR) is 82.1 cm³/mol. The maximum Gasteiger partial charge on any atom is 0.162 e. The Bertz CT molecular complexity index is 590. The molecule has 0 saturated carbocycles. The Morgan fingerprint density at radius 2 is 1.80 bits per heavy atom. The van der Waals surface area contributed by atoms with E-state index in [-0.39, 0.29) is 5.78 Å². The van der Waals surface area contributed by atoms with Crippen molar-refractivity contribution in [1.82, 2.24) is 0 Å². The molecule has 0 aromatic heterocycles. The van der Waals surface area contributed by atoms with E-state index in [9.17, 15) is 4.79 Å². The maximum absolute atomic E-state index is 11.6. The van der Waals surface area contributed by atoms with Crippen LogP contribution in [0.25, 0.3) is 0 Å². The Hall–Kier alpha value is -2.29. The molecule has 0 aliphatic heterocycles. The van der Waals surface area contributed by atoms with E-state index in [1.807, 2.05) is 62.5 Å². The van der Waals surface area contributed by atoms with E-state index in [1.165, 1.54) is 0 Å². The number of methoxy groups -OCH3 is 1. The standard InChI is InChI=1S/C17H19NO2/c1-4-17(19)13-8-10-14(11-9-13)18(2)15-6-5-7-16(12-15)20-3/h5-12H,4H2,1-3H3. The molecule has 0 bridgehead atoms. The first kappa shape index (κ1) is 14.1. The zero-order valence-corrected chi connectivity index (χ0v) is 12.1. The van der Waals surface area contributed by atoms with Gasteiger partial charge in [0.2, 0.25) is 0 Å².